The van der Waals surface area contributed by atoms with Crippen LogP contribution in [0.5, 0.6) is 0 Å². The molecule has 5 rings (SSSR count). The van der Waals surface area contributed by atoms with Gasteiger partial charge in [-0.3, -0.25) is 9.69 Å². The van der Waals surface area contributed by atoms with Crippen molar-refractivity contribution in [2.24, 2.45) is 0 Å². The SMILES string of the molecule is CC(C)N(Cc1nn(-c2ccccc2)c2c1CN(Cc1cccc(F)c1)CC2)C(=O)c1ccccc1. The lowest BCUT2D eigenvalue weighted by atomic mass is 10.0. The van der Waals surface area contributed by atoms with Gasteiger partial charge >= 0.3 is 0 Å². The van der Waals surface area contributed by atoms with Gasteiger partial charge in [-0.05, 0) is 55.8 Å². The number of hydrogen-bond donors (Lipinski definition) is 0. The summed E-state index contributed by atoms with van der Waals surface area (Å²) in [6.07, 6.45) is 0.834. The number of amides is 1. The van der Waals surface area contributed by atoms with Crippen molar-refractivity contribution in [2.75, 3.05) is 6.54 Å². The van der Waals surface area contributed by atoms with E-state index in [-0.39, 0.29) is 17.8 Å². The van der Waals surface area contributed by atoms with Gasteiger partial charge in [0, 0.05) is 43.2 Å². The quantitative estimate of drug-likeness (QED) is 0.343. The fourth-order valence-corrected chi connectivity index (χ4v) is 4.88. The molecule has 184 valence electrons. The molecule has 1 aliphatic heterocycles. The predicted octanol–water partition coefficient (Wildman–Crippen LogP) is 5.62. The van der Waals surface area contributed by atoms with Crippen LogP contribution in [-0.2, 0) is 26.1 Å². The van der Waals surface area contributed by atoms with Gasteiger partial charge < -0.3 is 4.90 Å². The third kappa shape index (κ3) is 5.09. The Labute approximate surface area is 211 Å². The predicted molar refractivity (Wildman–Crippen MR) is 139 cm³/mol. The summed E-state index contributed by atoms with van der Waals surface area (Å²) in [5, 5.41) is 5.05. The number of benzene rings is 3. The average molecular weight is 483 g/mol. The summed E-state index contributed by atoms with van der Waals surface area (Å²) >= 11 is 0. The van der Waals surface area contributed by atoms with Gasteiger partial charge in [0.15, 0.2) is 0 Å². The normalized spacial score (nSPS) is 13.6. The minimum atomic E-state index is -0.213. The molecule has 0 unspecified atom stereocenters. The number of aromatic nitrogens is 2. The Bertz CT molecular complexity index is 1330. The fourth-order valence-electron chi connectivity index (χ4n) is 4.88. The van der Waals surface area contributed by atoms with Crippen molar-refractivity contribution in [2.45, 2.75) is 45.9 Å². The number of fused-ring (bicyclic) bond motifs is 1. The summed E-state index contributed by atoms with van der Waals surface area (Å²) in [6.45, 7) is 6.75. The van der Waals surface area contributed by atoms with Gasteiger partial charge in [0.1, 0.15) is 5.82 Å². The van der Waals surface area contributed by atoms with Gasteiger partial charge in [-0.1, -0.05) is 48.5 Å². The standard InChI is InChI=1S/C30H31FN4O/c1-22(2)34(30(36)24-11-5-3-6-12-24)21-28-27-20-33(19-23-10-9-13-25(31)18-23)17-16-29(27)35(32-28)26-14-7-4-8-15-26/h3-15,18,22H,16-17,19-21H2,1-2H3. The van der Waals surface area contributed by atoms with E-state index in [0.29, 0.717) is 25.2 Å². The van der Waals surface area contributed by atoms with Gasteiger partial charge in [0.2, 0.25) is 0 Å². The van der Waals surface area contributed by atoms with Crippen molar-refractivity contribution in [1.29, 1.82) is 0 Å². The number of nitrogens with zero attached hydrogens (tertiary/aromatic N) is 4. The molecule has 3 aromatic carbocycles. The van der Waals surface area contributed by atoms with Crippen molar-refractivity contribution in [3.63, 3.8) is 0 Å². The number of halogens is 1. The third-order valence-electron chi connectivity index (χ3n) is 6.74. The summed E-state index contributed by atoms with van der Waals surface area (Å²) in [6, 6.07) is 26.4. The van der Waals surface area contributed by atoms with Crippen LogP contribution in [0.4, 0.5) is 4.39 Å². The molecular formula is C30H31FN4O. The molecule has 0 fully saturated rings. The molecule has 6 heteroatoms. The summed E-state index contributed by atoms with van der Waals surface area (Å²) in [5.74, 6) is -0.212. The van der Waals surface area contributed by atoms with E-state index >= 15 is 0 Å². The zero-order valence-corrected chi connectivity index (χ0v) is 20.8. The van der Waals surface area contributed by atoms with Gasteiger partial charge in [0.05, 0.1) is 23.6 Å². The van der Waals surface area contributed by atoms with E-state index in [9.17, 15) is 9.18 Å². The lowest BCUT2D eigenvalue weighted by Gasteiger charge is -2.29. The maximum Gasteiger partial charge on any atom is 0.254 e. The molecule has 1 aliphatic rings. The number of carbonyl (C=O) groups excluding carboxylic acids is 1. The maximum absolute atomic E-state index is 13.8. The van der Waals surface area contributed by atoms with E-state index in [1.165, 1.54) is 11.8 Å². The zero-order chi connectivity index (χ0) is 25.1. The van der Waals surface area contributed by atoms with Crippen molar-refractivity contribution in [1.82, 2.24) is 19.6 Å². The molecule has 5 nitrogen and oxygen atoms in total. The van der Waals surface area contributed by atoms with Crippen molar-refractivity contribution < 1.29 is 9.18 Å². The Balaban J connectivity index is 1.48. The fraction of sp³-hybridized carbons (Fsp3) is 0.267. The smallest absolute Gasteiger partial charge is 0.254 e. The number of hydrogen-bond acceptors (Lipinski definition) is 3. The summed E-state index contributed by atoms with van der Waals surface area (Å²) in [5.41, 5.74) is 5.91. The molecule has 36 heavy (non-hydrogen) atoms. The lowest BCUT2D eigenvalue weighted by molar-refractivity contribution is 0.0686. The van der Waals surface area contributed by atoms with Crippen LogP contribution in [0.15, 0.2) is 84.9 Å². The molecule has 2 heterocycles. The highest BCUT2D eigenvalue weighted by atomic mass is 19.1. The molecule has 0 N–H and O–H groups in total. The Hall–Kier alpha value is -3.77. The molecule has 0 spiro atoms. The average Bonchev–Trinajstić information content (AvgIpc) is 3.25. The monoisotopic (exact) mass is 482 g/mol. The highest BCUT2D eigenvalue weighted by Crippen LogP contribution is 2.28. The Morgan fingerprint density at radius 2 is 1.72 bits per heavy atom. The second-order valence-corrected chi connectivity index (χ2v) is 9.60. The molecule has 0 atom stereocenters. The van der Waals surface area contributed by atoms with Crippen LogP contribution in [0.25, 0.3) is 5.69 Å². The van der Waals surface area contributed by atoms with E-state index in [4.69, 9.17) is 5.10 Å². The summed E-state index contributed by atoms with van der Waals surface area (Å²) in [7, 11) is 0. The van der Waals surface area contributed by atoms with Crippen molar-refractivity contribution in [3.05, 3.63) is 119 Å². The van der Waals surface area contributed by atoms with E-state index in [1.807, 2.05) is 78.0 Å². The van der Waals surface area contributed by atoms with Gasteiger partial charge in [-0.2, -0.15) is 5.10 Å². The maximum atomic E-state index is 13.8. The molecule has 0 saturated carbocycles. The van der Waals surface area contributed by atoms with Gasteiger partial charge in [-0.15, -0.1) is 0 Å². The molecule has 0 aliphatic carbocycles. The van der Waals surface area contributed by atoms with Crippen LogP contribution in [0.1, 0.15) is 46.7 Å². The second-order valence-electron chi connectivity index (χ2n) is 9.60. The number of carbonyl (C=O) groups is 1. The summed E-state index contributed by atoms with van der Waals surface area (Å²) < 4.78 is 15.8. The van der Waals surface area contributed by atoms with Crippen molar-refractivity contribution in [3.8, 4) is 5.69 Å². The molecular weight excluding hydrogens is 451 g/mol. The van der Waals surface area contributed by atoms with E-state index in [2.05, 4.69) is 17.0 Å². The first-order valence-corrected chi connectivity index (χ1v) is 12.5. The molecule has 4 aromatic rings. The summed E-state index contributed by atoms with van der Waals surface area (Å²) in [4.78, 5) is 17.6. The lowest BCUT2D eigenvalue weighted by Crippen LogP contribution is -2.37. The second kappa shape index (κ2) is 10.5. The first-order valence-electron chi connectivity index (χ1n) is 12.5. The number of para-hydroxylation sites is 1. The van der Waals surface area contributed by atoms with E-state index in [1.54, 1.807) is 12.1 Å². The molecule has 0 saturated heterocycles. The molecule has 0 radical (unpaired) electrons. The highest BCUT2D eigenvalue weighted by molar-refractivity contribution is 5.94. The van der Waals surface area contributed by atoms with Crippen LogP contribution < -0.4 is 0 Å². The van der Waals surface area contributed by atoms with Crippen LogP contribution in [0, 0.1) is 5.82 Å². The van der Waals surface area contributed by atoms with Crippen LogP contribution >= 0.6 is 0 Å². The van der Waals surface area contributed by atoms with Crippen molar-refractivity contribution >= 4 is 5.91 Å². The highest BCUT2D eigenvalue weighted by Gasteiger charge is 2.28. The first-order chi connectivity index (χ1) is 17.5. The van der Waals surface area contributed by atoms with Crippen LogP contribution in [0.3, 0.4) is 0 Å². The molecule has 1 amide bonds. The zero-order valence-electron chi connectivity index (χ0n) is 20.8. The largest absolute Gasteiger partial charge is 0.330 e. The van der Waals surface area contributed by atoms with E-state index in [0.717, 1.165) is 35.5 Å². The molecule has 0 bridgehead atoms. The minimum absolute atomic E-state index is 0.000961. The van der Waals surface area contributed by atoms with E-state index < -0.39 is 0 Å². The Morgan fingerprint density at radius 3 is 2.42 bits per heavy atom. The topological polar surface area (TPSA) is 41.4 Å². The number of rotatable bonds is 7. The minimum Gasteiger partial charge on any atom is -0.330 e. The van der Waals surface area contributed by atoms with Crippen LogP contribution in [-0.4, -0.2) is 38.1 Å². The van der Waals surface area contributed by atoms with Gasteiger partial charge in [0.25, 0.3) is 5.91 Å². The van der Waals surface area contributed by atoms with Crippen LogP contribution in [0.2, 0.25) is 0 Å². The molecule has 1 aromatic heterocycles. The Morgan fingerprint density at radius 1 is 1.00 bits per heavy atom. The Kier molecular flexibility index (Phi) is 6.96. The van der Waals surface area contributed by atoms with Gasteiger partial charge in [-0.25, -0.2) is 9.07 Å². The third-order valence-corrected chi connectivity index (χ3v) is 6.74. The first kappa shape index (κ1) is 23.9.